The lowest BCUT2D eigenvalue weighted by Crippen LogP contribution is -2.00. The minimum atomic E-state index is -0.742. The van der Waals surface area contributed by atoms with E-state index in [1.54, 1.807) is 6.92 Å². The normalized spacial score (nSPS) is 10.1. The molecular formula is C9H8ClFO2. The van der Waals surface area contributed by atoms with Crippen molar-refractivity contribution in [2.24, 2.45) is 0 Å². The van der Waals surface area contributed by atoms with E-state index in [-0.39, 0.29) is 28.5 Å². The maximum atomic E-state index is 13.0. The van der Waals surface area contributed by atoms with Crippen LogP contribution in [0.2, 0.25) is 5.02 Å². The van der Waals surface area contributed by atoms with Gasteiger partial charge < -0.3 is 5.11 Å². The van der Waals surface area contributed by atoms with Gasteiger partial charge in [0.05, 0.1) is 10.6 Å². The number of carbonyl (C=O) groups is 1. The van der Waals surface area contributed by atoms with Gasteiger partial charge in [0, 0.05) is 12.5 Å². The summed E-state index contributed by atoms with van der Waals surface area (Å²) in [7, 11) is 0. The smallest absolute Gasteiger partial charge is 0.165 e. The first kappa shape index (κ1) is 9.99. The van der Waals surface area contributed by atoms with Crippen molar-refractivity contribution in [3.8, 4) is 5.75 Å². The molecule has 1 N–H and O–H groups in total. The van der Waals surface area contributed by atoms with Crippen molar-refractivity contribution in [1.29, 1.82) is 0 Å². The monoisotopic (exact) mass is 202 g/mol. The number of phenolic OH excluding ortho intramolecular Hbond substituents is 1. The SMILES string of the molecule is CCC(=O)c1cc(Cl)c(O)cc1F. The number of aromatic hydroxyl groups is 1. The number of ketones is 1. The molecule has 0 saturated heterocycles. The van der Waals surface area contributed by atoms with Crippen LogP contribution < -0.4 is 0 Å². The van der Waals surface area contributed by atoms with Crippen molar-refractivity contribution in [3.63, 3.8) is 0 Å². The number of Topliss-reactive ketones (excluding diaryl/α,β-unsaturated/α-hetero) is 1. The molecule has 0 unspecified atom stereocenters. The maximum absolute atomic E-state index is 13.0. The second-order valence-corrected chi connectivity index (χ2v) is 2.97. The zero-order valence-electron chi connectivity index (χ0n) is 6.97. The van der Waals surface area contributed by atoms with Crippen LogP contribution in [0, 0.1) is 5.82 Å². The molecule has 0 amide bonds. The highest BCUT2D eigenvalue weighted by atomic mass is 35.5. The summed E-state index contributed by atoms with van der Waals surface area (Å²) < 4.78 is 13.0. The second-order valence-electron chi connectivity index (χ2n) is 2.56. The lowest BCUT2D eigenvalue weighted by molar-refractivity contribution is 0.0984. The fraction of sp³-hybridized carbons (Fsp3) is 0.222. The van der Waals surface area contributed by atoms with Crippen molar-refractivity contribution in [2.75, 3.05) is 0 Å². The van der Waals surface area contributed by atoms with Gasteiger partial charge in [-0.2, -0.15) is 0 Å². The summed E-state index contributed by atoms with van der Waals surface area (Å²) in [5.41, 5.74) is -0.0784. The maximum Gasteiger partial charge on any atom is 0.165 e. The summed E-state index contributed by atoms with van der Waals surface area (Å²) in [4.78, 5) is 11.1. The molecule has 0 radical (unpaired) electrons. The van der Waals surface area contributed by atoms with Gasteiger partial charge in [0.15, 0.2) is 5.78 Å². The lowest BCUT2D eigenvalue weighted by atomic mass is 10.1. The van der Waals surface area contributed by atoms with Gasteiger partial charge in [-0.3, -0.25) is 4.79 Å². The first-order valence-electron chi connectivity index (χ1n) is 3.77. The number of hydrogen-bond donors (Lipinski definition) is 1. The number of phenols is 1. The van der Waals surface area contributed by atoms with Gasteiger partial charge in [0.1, 0.15) is 11.6 Å². The summed E-state index contributed by atoms with van der Waals surface area (Å²) in [5, 5.41) is 8.98. The largest absolute Gasteiger partial charge is 0.506 e. The van der Waals surface area contributed by atoms with Crippen LogP contribution >= 0.6 is 11.6 Å². The molecule has 2 nitrogen and oxygen atoms in total. The van der Waals surface area contributed by atoms with E-state index < -0.39 is 5.82 Å². The molecule has 0 aliphatic rings. The Morgan fingerprint density at radius 1 is 1.62 bits per heavy atom. The summed E-state index contributed by atoms with van der Waals surface area (Å²) in [6.07, 6.45) is 0.206. The molecule has 0 aromatic heterocycles. The Morgan fingerprint density at radius 3 is 2.77 bits per heavy atom. The van der Waals surface area contributed by atoms with Crippen LogP contribution in [-0.2, 0) is 0 Å². The Bertz CT molecular complexity index is 350. The van der Waals surface area contributed by atoms with Crippen LogP contribution in [0.25, 0.3) is 0 Å². The number of halogens is 2. The van der Waals surface area contributed by atoms with Gasteiger partial charge in [-0.05, 0) is 6.07 Å². The van der Waals surface area contributed by atoms with Crippen molar-refractivity contribution in [1.82, 2.24) is 0 Å². The summed E-state index contributed by atoms with van der Waals surface area (Å²) in [6.45, 7) is 1.63. The van der Waals surface area contributed by atoms with Crippen LogP contribution in [0.1, 0.15) is 23.7 Å². The Hall–Kier alpha value is -1.09. The van der Waals surface area contributed by atoms with Crippen molar-refractivity contribution < 1.29 is 14.3 Å². The van der Waals surface area contributed by atoms with E-state index in [0.717, 1.165) is 12.1 Å². The van der Waals surface area contributed by atoms with Crippen LogP contribution in [0.5, 0.6) is 5.75 Å². The predicted octanol–water partition coefficient (Wildman–Crippen LogP) is 2.78. The first-order chi connectivity index (χ1) is 6.06. The Balaban J connectivity index is 3.23. The molecule has 0 atom stereocenters. The van der Waals surface area contributed by atoms with E-state index in [4.69, 9.17) is 16.7 Å². The van der Waals surface area contributed by atoms with Gasteiger partial charge in [0.2, 0.25) is 0 Å². The third-order valence-electron chi connectivity index (χ3n) is 1.66. The molecule has 0 heterocycles. The lowest BCUT2D eigenvalue weighted by Gasteiger charge is -2.02. The van der Waals surface area contributed by atoms with E-state index in [0.29, 0.717) is 0 Å². The highest BCUT2D eigenvalue weighted by Gasteiger charge is 2.12. The van der Waals surface area contributed by atoms with Crippen molar-refractivity contribution in [3.05, 3.63) is 28.5 Å². The molecule has 0 aliphatic carbocycles. The Labute approximate surface area is 80.0 Å². The molecule has 4 heteroatoms. The van der Waals surface area contributed by atoms with E-state index in [1.165, 1.54) is 0 Å². The average molecular weight is 203 g/mol. The summed E-state index contributed by atoms with van der Waals surface area (Å²) in [6, 6.07) is 1.98. The van der Waals surface area contributed by atoms with Gasteiger partial charge in [-0.1, -0.05) is 18.5 Å². The van der Waals surface area contributed by atoms with Gasteiger partial charge in [-0.25, -0.2) is 4.39 Å². The van der Waals surface area contributed by atoms with Crippen LogP contribution in [0.15, 0.2) is 12.1 Å². The zero-order valence-corrected chi connectivity index (χ0v) is 7.73. The minimum Gasteiger partial charge on any atom is -0.506 e. The van der Waals surface area contributed by atoms with Gasteiger partial charge in [-0.15, -0.1) is 0 Å². The molecule has 1 aromatic carbocycles. The molecule has 0 spiro atoms. The number of benzene rings is 1. The van der Waals surface area contributed by atoms with Crippen LogP contribution in [-0.4, -0.2) is 10.9 Å². The quantitative estimate of drug-likeness (QED) is 0.749. The van der Waals surface area contributed by atoms with E-state index in [1.807, 2.05) is 0 Å². The fourth-order valence-corrected chi connectivity index (χ4v) is 1.10. The molecule has 0 bridgehead atoms. The summed E-state index contributed by atoms with van der Waals surface area (Å²) in [5.74, 6) is -1.43. The molecule has 13 heavy (non-hydrogen) atoms. The highest BCUT2D eigenvalue weighted by molar-refractivity contribution is 6.32. The van der Waals surface area contributed by atoms with Crippen molar-refractivity contribution in [2.45, 2.75) is 13.3 Å². The first-order valence-corrected chi connectivity index (χ1v) is 4.15. The molecule has 1 rings (SSSR count). The Morgan fingerprint density at radius 2 is 2.23 bits per heavy atom. The topological polar surface area (TPSA) is 37.3 Å². The van der Waals surface area contributed by atoms with E-state index in [2.05, 4.69) is 0 Å². The third-order valence-corrected chi connectivity index (χ3v) is 1.96. The third kappa shape index (κ3) is 1.98. The van der Waals surface area contributed by atoms with E-state index >= 15 is 0 Å². The van der Waals surface area contributed by atoms with E-state index in [9.17, 15) is 9.18 Å². The standard InChI is InChI=1S/C9H8ClFO2/c1-2-8(12)5-3-6(10)9(13)4-7(5)11/h3-4,13H,2H2,1H3. The fourth-order valence-electron chi connectivity index (χ4n) is 0.940. The molecule has 70 valence electrons. The molecule has 0 aliphatic heterocycles. The van der Waals surface area contributed by atoms with Crippen LogP contribution in [0.4, 0.5) is 4.39 Å². The molecule has 0 saturated carbocycles. The zero-order chi connectivity index (χ0) is 10.0. The summed E-state index contributed by atoms with van der Waals surface area (Å²) >= 11 is 5.52. The molecule has 0 fully saturated rings. The Kier molecular flexibility index (Phi) is 2.88. The average Bonchev–Trinajstić information content (AvgIpc) is 2.10. The van der Waals surface area contributed by atoms with Crippen molar-refractivity contribution >= 4 is 17.4 Å². The second kappa shape index (κ2) is 3.75. The number of rotatable bonds is 2. The number of carbonyl (C=O) groups excluding carboxylic acids is 1. The highest BCUT2D eigenvalue weighted by Crippen LogP contribution is 2.26. The predicted molar refractivity (Wildman–Crippen MR) is 47.7 cm³/mol. The molecular weight excluding hydrogens is 195 g/mol. The molecule has 1 aromatic rings. The van der Waals surface area contributed by atoms with Crippen LogP contribution in [0.3, 0.4) is 0 Å². The number of hydrogen-bond acceptors (Lipinski definition) is 2. The minimum absolute atomic E-state index is 0.0156. The van der Waals surface area contributed by atoms with Gasteiger partial charge in [0.25, 0.3) is 0 Å². The van der Waals surface area contributed by atoms with Gasteiger partial charge >= 0.3 is 0 Å².